The van der Waals surface area contributed by atoms with Crippen molar-refractivity contribution < 1.29 is 14.3 Å². The van der Waals surface area contributed by atoms with Gasteiger partial charge in [-0.05, 0) is 43.2 Å². The van der Waals surface area contributed by atoms with Gasteiger partial charge < -0.3 is 15.4 Å². The zero-order valence-electron chi connectivity index (χ0n) is 14.4. The van der Waals surface area contributed by atoms with Crippen molar-refractivity contribution in [2.75, 3.05) is 26.4 Å². The third-order valence-electron chi connectivity index (χ3n) is 3.59. The molecule has 0 aliphatic carbocycles. The van der Waals surface area contributed by atoms with Crippen LogP contribution in [0.2, 0.25) is 0 Å². The number of thiophene rings is 1. The van der Waals surface area contributed by atoms with Crippen molar-refractivity contribution in [3.8, 4) is 5.75 Å². The smallest absolute Gasteiger partial charge is 0.263 e. The molecule has 0 aliphatic rings. The van der Waals surface area contributed by atoms with Gasteiger partial charge in [0, 0.05) is 19.7 Å². The van der Waals surface area contributed by atoms with E-state index in [1.54, 1.807) is 45.3 Å². The monoisotopic (exact) mass is 346 g/mol. The summed E-state index contributed by atoms with van der Waals surface area (Å²) in [6.45, 7) is 4.43. The van der Waals surface area contributed by atoms with Gasteiger partial charge in [-0.25, -0.2) is 0 Å². The molecule has 0 atom stereocenters. The molecule has 1 amide bonds. The molecule has 0 bridgehead atoms. The van der Waals surface area contributed by atoms with Gasteiger partial charge in [0.15, 0.2) is 5.78 Å². The van der Waals surface area contributed by atoms with E-state index in [-0.39, 0.29) is 11.7 Å². The fourth-order valence-corrected chi connectivity index (χ4v) is 3.38. The molecule has 0 saturated heterocycles. The summed E-state index contributed by atoms with van der Waals surface area (Å²) in [7, 11) is 3.35. The first-order valence-corrected chi connectivity index (χ1v) is 8.56. The largest absolute Gasteiger partial charge is 0.494 e. The number of amides is 1. The van der Waals surface area contributed by atoms with E-state index in [1.165, 1.54) is 4.90 Å². The highest BCUT2D eigenvalue weighted by Crippen LogP contribution is 2.33. The molecule has 5 nitrogen and oxygen atoms in total. The molecule has 2 rings (SSSR count). The molecule has 128 valence electrons. The van der Waals surface area contributed by atoms with E-state index in [0.717, 1.165) is 23.5 Å². The fraction of sp³-hybridized carbons (Fsp3) is 0.333. The summed E-state index contributed by atoms with van der Waals surface area (Å²) in [6.07, 6.45) is 0.925. The Kier molecular flexibility index (Phi) is 5.62. The van der Waals surface area contributed by atoms with Gasteiger partial charge in [0.1, 0.15) is 5.75 Å². The summed E-state index contributed by atoms with van der Waals surface area (Å²) in [5, 5.41) is 0.369. The minimum absolute atomic E-state index is 0.147. The Balaban J connectivity index is 2.31. The van der Waals surface area contributed by atoms with Crippen molar-refractivity contribution >= 4 is 28.0 Å². The van der Waals surface area contributed by atoms with E-state index in [1.807, 2.05) is 6.92 Å². The summed E-state index contributed by atoms with van der Waals surface area (Å²) >= 11 is 1.16. The Morgan fingerprint density at radius 1 is 1.21 bits per heavy atom. The number of carbonyl (C=O) groups excluding carboxylic acids is 2. The summed E-state index contributed by atoms with van der Waals surface area (Å²) < 4.78 is 5.52. The average molecular weight is 346 g/mol. The van der Waals surface area contributed by atoms with E-state index < -0.39 is 0 Å². The van der Waals surface area contributed by atoms with Crippen molar-refractivity contribution in [2.45, 2.75) is 20.3 Å². The molecule has 0 unspecified atom stereocenters. The third-order valence-corrected chi connectivity index (χ3v) is 4.70. The molecule has 0 spiro atoms. The highest BCUT2D eigenvalue weighted by molar-refractivity contribution is 7.18. The highest BCUT2D eigenvalue weighted by Gasteiger charge is 2.24. The molecule has 24 heavy (non-hydrogen) atoms. The number of benzene rings is 1. The van der Waals surface area contributed by atoms with Crippen LogP contribution in [-0.2, 0) is 0 Å². The lowest BCUT2D eigenvalue weighted by atomic mass is 10.0. The van der Waals surface area contributed by atoms with Crippen molar-refractivity contribution in [1.82, 2.24) is 4.90 Å². The number of nitrogen functional groups attached to an aromatic ring is 1. The molecular weight excluding hydrogens is 324 g/mol. The van der Waals surface area contributed by atoms with E-state index in [0.29, 0.717) is 33.2 Å². The molecule has 2 N–H and O–H groups in total. The van der Waals surface area contributed by atoms with Crippen LogP contribution >= 0.6 is 11.3 Å². The van der Waals surface area contributed by atoms with Gasteiger partial charge in [0.2, 0.25) is 0 Å². The molecule has 6 heteroatoms. The SMILES string of the molecule is CCCOc1ccc(C(=O)c2c(N)sc(C(=O)N(C)C)c2C)cc1. The lowest BCUT2D eigenvalue weighted by Gasteiger charge is -2.09. The lowest BCUT2D eigenvalue weighted by molar-refractivity contribution is 0.0831. The topological polar surface area (TPSA) is 72.6 Å². The normalized spacial score (nSPS) is 10.5. The number of ketones is 1. The summed E-state index contributed by atoms with van der Waals surface area (Å²) in [4.78, 5) is 27.0. The van der Waals surface area contributed by atoms with Crippen LogP contribution in [0.5, 0.6) is 5.75 Å². The van der Waals surface area contributed by atoms with Crippen LogP contribution in [0.4, 0.5) is 5.00 Å². The molecule has 1 heterocycles. The van der Waals surface area contributed by atoms with Crippen LogP contribution in [0.3, 0.4) is 0 Å². The first kappa shape index (κ1) is 18.0. The van der Waals surface area contributed by atoms with Gasteiger partial charge in [-0.15, -0.1) is 11.3 Å². The molecular formula is C18H22N2O3S. The number of rotatable bonds is 6. The molecule has 0 saturated carbocycles. The standard InChI is InChI=1S/C18H22N2O3S/c1-5-10-23-13-8-6-12(7-9-13)15(21)14-11(2)16(24-17(14)19)18(22)20(3)4/h6-9H,5,10,19H2,1-4H3. The number of ether oxygens (including phenoxy) is 1. The van der Waals surface area contributed by atoms with E-state index in [4.69, 9.17) is 10.5 Å². The van der Waals surface area contributed by atoms with Crippen molar-refractivity contribution in [3.63, 3.8) is 0 Å². The molecule has 2 aromatic rings. The van der Waals surface area contributed by atoms with Crippen molar-refractivity contribution in [3.05, 3.63) is 45.8 Å². The number of hydrogen-bond acceptors (Lipinski definition) is 5. The van der Waals surface area contributed by atoms with Crippen LogP contribution in [0.1, 0.15) is 44.5 Å². The number of hydrogen-bond donors (Lipinski definition) is 1. The quantitative estimate of drug-likeness (QED) is 0.814. The number of nitrogens with two attached hydrogens (primary N) is 1. The molecule has 1 aromatic carbocycles. The van der Waals surface area contributed by atoms with E-state index in [9.17, 15) is 9.59 Å². The van der Waals surface area contributed by atoms with Gasteiger partial charge >= 0.3 is 0 Å². The summed E-state index contributed by atoms with van der Waals surface area (Å²) in [5.41, 5.74) is 7.58. The number of nitrogens with zero attached hydrogens (tertiary/aromatic N) is 1. The summed E-state index contributed by atoms with van der Waals surface area (Å²) in [6, 6.07) is 6.98. The van der Waals surface area contributed by atoms with Crippen LogP contribution in [0, 0.1) is 6.92 Å². The molecule has 0 radical (unpaired) electrons. The Hall–Kier alpha value is -2.34. The second-order valence-corrected chi connectivity index (χ2v) is 6.75. The van der Waals surface area contributed by atoms with Crippen LogP contribution in [0.25, 0.3) is 0 Å². The molecule has 0 aliphatic heterocycles. The first-order valence-electron chi connectivity index (χ1n) is 7.74. The highest BCUT2D eigenvalue weighted by atomic mass is 32.1. The van der Waals surface area contributed by atoms with Gasteiger partial charge in [0.05, 0.1) is 22.0 Å². The zero-order chi connectivity index (χ0) is 17.9. The molecule has 0 fully saturated rings. The average Bonchev–Trinajstić information content (AvgIpc) is 2.86. The Morgan fingerprint density at radius 3 is 2.38 bits per heavy atom. The van der Waals surface area contributed by atoms with Gasteiger partial charge in [-0.3, -0.25) is 9.59 Å². The zero-order valence-corrected chi connectivity index (χ0v) is 15.2. The Morgan fingerprint density at radius 2 is 1.83 bits per heavy atom. The predicted octanol–water partition coefficient (Wildman–Crippen LogP) is 3.36. The van der Waals surface area contributed by atoms with Gasteiger partial charge in [-0.2, -0.15) is 0 Å². The fourth-order valence-electron chi connectivity index (χ4n) is 2.29. The van der Waals surface area contributed by atoms with Gasteiger partial charge in [0.25, 0.3) is 5.91 Å². The van der Waals surface area contributed by atoms with Crippen LogP contribution in [-0.4, -0.2) is 37.3 Å². The van der Waals surface area contributed by atoms with E-state index >= 15 is 0 Å². The summed E-state index contributed by atoms with van der Waals surface area (Å²) in [5.74, 6) is 0.402. The Labute approximate surface area is 146 Å². The minimum atomic E-state index is -0.180. The molecule has 1 aromatic heterocycles. The van der Waals surface area contributed by atoms with Gasteiger partial charge in [-0.1, -0.05) is 6.92 Å². The number of carbonyl (C=O) groups is 2. The second kappa shape index (κ2) is 7.49. The maximum atomic E-state index is 12.8. The number of anilines is 1. The van der Waals surface area contributed by atoms with Crippen LogP contribution in [0.15, 0.2) is 24.3 Å². The van der Waals surface area contributed by atoms with Crippen molar-refractivity contribution in [2.24, 2.45) is 0 Å². The van der Waals surface area contributed by atoms with E-state index in [2.05, 4.69) is 0 Å². The first-order chi connectivity index (χ1) is 11.4. The third kappa shape index (κ3) is 3.59. The predicted molar refractivity (Wildman–Crippen MR) is 97.1 cm³/mol. The lowest BCUT2D eigenvalue weighted by Crippen LogP contribution is -2.21. The Bertz CT molecular complexity index is 748. The minimum Gasteiger partial charge on any atom is -0.494 e. The van der Waals surface area contributed by atoms with Crippen molar-refractivity contribution in [1.29, 1.82) is 0 Å². The maximum absolute atomic E-state index is 12.8. The maximum Gasteiger partial charge on any atom is 0.263 e. The van der Waals surface area contributed by atoms with Crippen LogP contribution < -0.4 is 10.5 Å². The second-order valence-electron chi connectivity index (χ2n) is 5.70.